The molecule has 2 fully saturated rings. The molecule has 18 heavy (non-hydrogen) atoms. The number of halogens is 1. The van der Waals surface area contributed by atoms with Crippen LogP contribution < -0.4 is 10.6 Å². The molecule has 98 valence electrons. The number of hydrogen-bond donors (Lipinski definition) is 1. The quantitative estimate of drug-likeness (QED) is 0.810. The highest BCUT2D eigenvalue weighted by Gasteiger charge is 2.34. The summed E-state index contributed by atoms with van der Waals surface area (Å²) in [5.41, 5.74) is 8.16. The van der Waals surface area contributed by atoms with Gasteiger partial charge in [0.05, 0.1) is 30.1 Å². The third-order valence-corrected chi connectivity index (χ3v) is 4.53. The molecule has 1 saturated carbocycles. The van der Waals surface area contributed by atoms with Crippen molar-refractivity contribution in [2.24, 2.45) is 0 Å². The predicted octanol–water partition coefficient (Wildman–Crippen LogP) is 3.18. The highest BCUT2D eigenvalue weighted by Crippen LogP contribution is 2.35. The van der Waals surface area contributed by atoms with Crippen molar-refractivity contribution in [3.8, 4) is 0 Å². The maximum atomic E-state index is 6.14. The lowest BCUT2D eigenvalue weighted by Gasteiger charge is -2.45. The van der Waals surface area contributed by atoms with Gasteiger partial charge in [-0.15, -0.1) is 0 Å². The zero-order valence-corrected chi connectivity index (χ0v) is 12.0. The van der Waals surface area contributed by atoms with Gasteiger partial charge >= 0.3 is 0 Å². The molecule has 2 aliphatic rings. The minimum absolute atomic E-state index is 0.394. The van der Waals surface area contributed by atoms with E-state index in [-0.39, 0.29) is 0 Å². The first-order valence-corrected chi connectivity index (χ1v) is 7.48. The van der Waals surface area contributed by atoms with Crippen molar-refractivity contribution < 1.29 is 4.74 Å². The van der Waals surface area contributed by atoms with Gasteiger partial charge in [-0.3, -0.25) is 0 Å². The smallest absolute Gasteiger partial charge is 0.0779 e. The highest BCUT2D eigenvalue weighted by molar-refractivity contribution is 9.10. The van der Waals surface area contributed by atoms with Gasteiger partial charge in [-0.1, -0.05) is 28.8 Å². The topological polar surface area (TPSA) is 38.5 Å². The number of nitrogen functional groups attached to an aromatic ring is 1. The number of ether oxygens (including phenoxy) is 1. The Labute approximate surface area is 116 Å². The third kappa shape index (κ3) is 2.24. The summed E-state index contributed by atoms with van der Waals surface area (Å²) in [5.74, 6) is 0. The average molecular weight is 311 g/mol. The molecule has 3 nitrogen and oxygen atoms in total. The van der Waals surface area contributed by atoms with Gasteiger partial charge in [0.25, 0.3) is 0 Å². The Morgan fingerprint density at radius 3 is 3.00 bits per heavy atom. The second kappa shape index (κ2) is 5.10. The van der Waals surface area contributed by atoms with Gasteiger partial charge in [0.1, 0.15) is 0 Å². The molecule has 1 aliphatic carbocycles. The van der Waals surface area contributed by atoms with Crippen molar-refractivity contribution in [3.63, 3.8) is 0 Å². The number of hydrogen-bond acceptors (Lipinski definition) is 3. The van der Waals surface area contributed by atoms with Crippen molar-refractivity contribution in [1.29, 1.82) is 0 Å². The van der Waals surface area contributed by atoms with E-state index < -0.39 is 0 Å². The van der Waals surface area contributed by atoms with E-state index >= 15 is 0 Å². The van der Waals surface area contributed by atoms with Crippen molar-refractivity contribution >= 4 is 27.3 Å². The third-order valence-electron chi connectivity index (χ3n) is 4.03. The fourth-order valence-corrected chi connectivity index (χ4v) is 3.51. The Morgan fingerprint density at radius 1 is 1.28 bits per heavy atom. The van der Waals surface area contributed by atoms with Crippen molar-refractivity contribution in [3.05, 3.63) is 22.7 Å². The molecule has 0 spiro atoms. The maximum absolute atomic E-state index is 6.14. The number of nitrogens with two attached hydrogens (primary N) is 1. The largest absolute Gasteiger partial charge is 0.397 e. The molecule has 0 radical (unpaired) electrons. The van der Waals surface area contributed by atoms with E-state index in [1.165, 1.54) is 25.7 Å². The van der Waals surface area contributed by atoms with E-state index in [2.05, 4.69) is 26.9 Å². The first-order chi connectivity index (χ1) is 8.75. The standard InChI is InChI=1S/C14H19BrN2O/c15-10-5-6-11(16)13(9-10)17-7-8-18-14-4-2-1-3-12(14)17/h5-6,9,12,14H,1-4,7-8,16H2. The van der Waals surface area contributed by atoms with Gasteiger partial charge in [0.15, 0.2) is 0 Å². The van der Waals surface area contributed by atoms with Crippen LogP contribution in [-0.2, 0) is 4.74 Å². The number of fused-ring (bicyclic) bond motifs is 1. The second-order valence-electron chi connectivity index (χ2n) is 5.16. The Kier molecular flexibility index (Phi) is 3.48. The van der Waals surface area contributed by atoms with Gasteiger partial charge in [-0.25, -0.2) is 0 Å². The van der Waals surface area contributed by atoms with Crippen LogP contribution in [0.1, 0.15) is 25.7 Å². The number of morpholine rings is 1. The Hall–Kier alpha value is -0.740. The summed E-state index contributed by atoms with van der Waals surface area (Å²) >= 11 is 3.54. The first kappa shape index (κ1) is 12.3. The predicted molar refractivity (Wildman–Crippen MR) is 77.9 cm³/mol. The Morgan fingerprint density at radius 2 is 2.11 bits per heavy atom. The molecule has 1 saturated heterocycles. The molecule has 1 aromatic rings. The molecule has 4 heteroatoms. The summed E-state index contributed by atoms with van der Waals surface area (Å²) in [4.78, 5) is 2.45. The molecule has 3 rings (SSSR count). The molecule has 2 unspecified atom stereocenters. The van der Waals surface area contributed by atoms with Crippen LogP contribution in [0, 0.1) is 0 Å². The van der Waals surface area contributed by atoms with E-state index in [0.29, 0.717) is 12.1 Å². The SMILES string of the molecule is Nc1ccc(Br)cc1N1CCOC2CCCCC21. The van der Waals surface area contributed by atoms with Crippen LogP contribution in [0.3, 0.4) is 0 Å². The summed E-state index contributed by atoms with van der Waals surface area (Å²) in [6, 6.07) is 6.61. The molecule has 0 amide bonds. The lowest BCUT2D eigenvalue weighted by atomic mass is 9.89. The first-order valence-electron chi connectivity index (χ1n) is 6.69. The summed E-state index contributed by atoms with van der Waals surface area (Å²) in [7, 11) is 0. The van der Waals surface area contributed by atoms with Crippen LogP contribution in [0.2, 0.25) is 0 Å². The molecule has 2 atom stereocenters. The number of anilines is 2. The van der Waals surface area contributed by atoms with Gasteiger partial charge < -0.3 is 15.4 Å². The summed E-state index contributed by atoms with van der Waals surface area (Å²) in [6.45, 7) is 1.76. The molecule has 1 aromatic carbocycles. The molecular weight excluding hydrogens is 292 g/mol. The van der Waals surface area contributed by atoms with Gasteiger partial charge in [-0.05, 0) is 31.0 Å². The maximum Gasteiger partial charge on any atom is 0.0779 e. The van der Waals surface area contributed by atoms with Crippen LogP contribution >= 0.6 is 15.9 Å². The van der Waals surface area contributed by atoms with Crippen molar-refractivity contribution in [1.82, 2.24) is 0 Å². The molecule has 0 bridgehead atoms. The minimum atomic E-state index is 0.394. The minimum Gasteiger partial charge on any atom is -0.397 e. The fraction of sp³-hybridized carbons (Fsp3) is 0.571. The van der Waals surface area contributed by atoms with E-state index in [1.54, 1.807) is 0 Å². The van der Waals surface area contributed by atoms with Crippen LogP contribution in [0.5, 0.6) is 0 Å². The number of rotatable bonds is 1. The van der Waals surface area contributed by atoms with Crippen LogP contribution in [0.4, 0.5) is 11.4 Å². The lowest BCUT2D eigenvalue weighted by molar-refractivity contribution is -0.00862. The lowest BCUT2D eigenvalue weighted by Crippen LogP contribution is -2.53. The normalized spacial score (nSPS) is 27.9. The molecular formula is C14H19BrN2O. The zero-order valence-electron chi connectivity index (χ0n) is 10.4. The van der Waals surface area contributed by atoms with Crippen molar-refractivity contribution in [2.75, 3.05) is 23.8 Å². The van der Waals surface area contributed by atoms with Gasteiger partial charge in [0, 0.05) is 11.0 Å². The van der Waals surface area contributed by atoms with Crippen LogP contribution in [0.15, 0.2) is 22.7 Å². The second-order valence-corrected chi connectivity index (χ2v) is 6.07. The number of nitrogens with zero attached hydrogens (tertiary/aromatic N) is 1. The van der Waals surface area contributed by atoms with Gasteiger partial charge in [0.2, 0.25) is 0 Å². The van der Waals surface area contributed by atoms with E-state index in [0.717, 1.165) is 29.0 Å². The monoisotopic (exact) mass is 310 g/mol. The molecule has 1 heterocycles. The highest BCUT2D eigenvalue weighted by atomic mass is 79.9. The Bertz CT molecular complexity index is 436. The molecule has 0 aromatic heterocycles. The molecule has 2 N–H and O–H groups in total. The summed E-state index contributed by atoms with van der Waals surface area (Å²) in [5, 5.41) is 0. The van der Waals surface area contributed by atoms with Crippen LogP contribution in [-0.4, -0.2) is 25.3 Å². The van der Waals surface area contributed by atoms with Crippen LogP contribution in [0.25, 0.3) is 0 Å². The Balaban J connectivity index is 1.91. The fourth-order valence-electron chi connectivity index (χ4n) is 3.16. The molecule has 1 aliphatic heterocycles. The van der Waals surface area contributed by atoms with Crippen molar-refractivity contribution in [2.45, 2.75) is 37.8 Å². The van der Waals surface area contributed by atoms with E-state index in [4.69, 9.17) is 10.5 Å². The summed E-state index contributed by atoms with van der Waals surface area (Å²) in [6.07, 6.45) is 5.40. The number of benzene rings is 1. The van der Waals surface area contributed by atoms with E-state index in [9.17, 15) is 0 Å². The van der Waals surface area contributed by atoms with E-state index in [1.807, 2.05) is 12.1 Å². The average Bonchev–Trinajstić information content (AvgIpc) is 2.41. The zero-order chi connectivity index (χ0) is 12.5. The summed E-state index contributed by atoms with van der Waals surface area (Å²) < 4.78 is 7.00. The van der Waals surface area contributed by atoms with Gasteiger partial charge in [-0.2, -0.15) is 0 Å².